The Hall–Kier alpha value is 1.09. The van der Waals surface area contributed by atoms with Gasteiger partial charge in [0.1, 0.15) is 19.9 Å². The normalized spacial score (nSPS) is 29.2. The number of hydrogen-bond acceptors (Lipinski definition) is 10. The van der Waals surface area contributed by atoms with E-state index in [-0.39, 0.29) is 0 Å². The molecule has 1 rings (SSSR count). The van der Waals surface area contributed by atoms with Gasteiger partial charge in [-0.1, -0.05) is 21.6 Å². The van der Waals surface area contributed by atoms with Crippen LogP contribution >= 0.6 is 45.1 Å². The third kappa shape index (κ3) is 10.3. The van der Waals surface area contributed by atoms with Crippen molar-refractivity contribution in [2.45, 2.75) is 24.6 Å². The van der Waals surface area contributed by atoms with E-state index >= 15 is 0 Å². The number of hydrogen-bond donors (Lipinski definition) is 4. The lowest BCUT2D eigenvalue weighted by Gasteiger charge is -2.21. The lowest BCUT2D eigenvalue weighted by Crippen LogP contribution is -2.28. The summed E-state index contributed by atoms with van der Waals surface area (Å²) in [5.74, 6) is 0.299. The van der Waals surface area contributed by atoms with Crippen LogP contribution in [0.25, 0.3) is 0 Å². The highest BCUT2D eigenvalue weighted by Gasteiger charge is 2.42. The first-order chi connectivity index (χ1) is 11.3. The molecule has 0 aliphatic carbocycles. The van der Waals surface area contributed by atoms with Gasteiger partial charge in [0.05, 0.1) is 12.7 Å². The number of ether oxygens (including phenoxy) is 2. The highest BCUT2D eigenvalue weighted by molar-refractivity contribution is 8.76. The van der Waals surface area contributed by atoms with Gasteiger partial charge in [-0.05, 0) is 12.7 Å². The Labute approximate surface area is 152 Å². The molecule has 1 aliphatic rings. The zero-order valence-electron chi connectivity index (χ0n) is 12.6. The summed E-state index contributed by atoms with van der Waals surface area (Å²) < 4.78 is 55.8. The zero-order chi connectivity index (χ0) is 19.3. The van der Waals surface area contributed by atoms with Crippen LogP contribution in [0.4, 0.5) is 0 Å². The number of phosphoric acid groups is 3. The predicted molar refractivity (Wildman–Crippen MR) is 89.7 cm³/mol. The fourth-order valence-electron chi connectivity index (χ4n) is 1.70. The summed E-state index contributed by atoms with van der Waals surface area (Å²) in [5.41, 5.74) is 0. The average molecular weight is 460 g/mol. The first-order valence-electron chi connectivity index (χ1n) is 6.30. The standard InChI is InChI=1S/C7H16BO12P3S2/c1-24-25-4-16-5-2-7(8)18-6(5)3-17-22(12,13)20-23(14,15)19-21(9,10)11/h5-7H,2-4H2,1H3,(H,12,13)(H,14,15)(H2,9,10,11)/t5-,6-,7-/m1/s1. The van der Waals surface area contributed by atoms with Crippen LogP contribution in [0.15, 0.2) is 0 Å². The van der Waals surface area contributed by atoms with Crippen LogP contribution < -0.4 is 0 Å². The molecular formula is C7H16BO12P3S2. The van der Waals surface area contributed by atoms with Crippen LogP contribution in [0.3, 0.4) is 0 Å². The van der Waals surface area contributed by atoms with Crippen LogP contribution in [0.2, 0.25) is 0 Å². The van der Waals surface area contributed by atoms with Gasteiger partial charge in [-0.15, -0.1) is 0 Å². The molecule has 1 heterocycles. The lowest BCUT2D eigenvalue weighted by molar-refractivity contribution is -0.0237. The summed E-state index contributed by atoms with van der Waals surface area (Å²) in [5, 5.41) is 0. The molecule has 0 amide bonds. The summed E-state index contributed by atoms with van der Waals surface area (Å²) in [7, 11) is -7.71. The molecule has 4 N–H and O–H groups in total. The van der Waals surface area contributed by atoms with Crippen molar-refractivity contribution >= 4 is 52.9 Å². The molecule has 5 atom stereocenters. The molecule has 146 valence electrons. The second kappa shape index (κ2) is 10.0. The van der Waals surface area contributed by atoms with E-state index in [9.17, 15) is 18.6 Å². The third-order valence-corrected chi connectivity index (χ3v) is 7.76. The van der Waals surface area contributed by atoms with Crippen molar-refractivity contribution in [1.29, 1.82) is 0 Å². The fourth-order valence-corrected chi connectivity index (χ4v) is 5.52. The maximum absolute atomic E-state index is 11.6. The molecular weight excluding hydrogens is 444 g/mol. The minimum atomic E-state index is -5.55. The summed E-state index contributed by atoms with van der Waals surface area (Å²) in [4.78, 5) is 35.3. The van der Waals surface area contributed by atoms with Crippen molar-refractivity contribution in [3.8, 4) is 0 Å². The van der Waals surface area contributed by atoms with E-state index < -0.39 is 48.3 Å². The molecule has 18 heteroatoms. The molecule has 12 nitrogen and oxygen atoms in total. The van der Waals surface area contributed by atoms with Crippen molar-refractivity contribution in [3.63, 3.8) is 0 Å². The van der Waals surface area contributed by atoms with Gasteiger partial charge in [0.25, 0.3) is 0 Å². The van der Waals surface area contributed by atoms with Crippen LogP contribution in [0, 0.1) is 0 Å². The zero-order valence-corrected chi connectivity index (χ0v) is 17.0. The monoisotopic (exact) mass is 460 g/mol. The Balaban J connectivity index is 2.57. The Morgan fingerprint density at radius 3 is 2.36 bits per heavy atom. The lowest BCUT2D eigenvalue weighted by atomic mass is 9.96. The molecule has 0 aromatic heterocycles. The van der Waals surface area contributed by atoms with Crippen LogP contribution in [-0.2, 0) is 36.3 Å². The largest absolute Gasteiger partial charge is 0.490 e. The van der Waals surface area contributed by atoms with Crippen LogP contribution in [0.1, 0.15) is 6.42 Å². The van der Waals surface area contributed by atoms with E-state index in [1.54, 1.807) is 0 Å². The van der Waals surface area contributed by atoms with Gasteiger partial charge in [-0.3, -0.25) is 4.52 Å². The Morgan fingerprint density at radius 1 is 1.16 bits per heavy atom. The van der Waals surface area contributed by atoms with E-state index in [0.717, 1.165) is 0 Å². The molecule has 2 unspecified atom stereocenters. The molecule has 0 bridgehead atoms. The Kier molecular flexibility index (Phi) is 9.69. The fraction of sp³-hybridized carbons (Fsp3) is 1.00. The minimum absolute atomic E-state index is 0.291. The Morgan fingerprint density at radius 2 is 1.80 bits per heavy atom. The molecule has 2 radical (unpaired) electrons. The molecule has 1 fully saturated rings. The number of phosphoric ester groups is 1. The van der Waals surface area contributed by atoms with E-state index in [1.165, 1.54) is 21.6 Å². The summed E-state index contributed by atoms with van der Waals surface area (Å²) >= 11 is 0. The molecule has 0 saturated carbocycles. The second-order valence-corrected chi connectivity index (χ2v) is 11.4. The van der Waals surface area contributed by atoms with Gasteiger partial charge in [-0.2, -0.15) is 8.62 Å². The van der Waals surface area contributed by atoms with Gasteiger partial charge >= 0.3 is 23.5 Å². The highest BCUT2D eigenvalue weighted by Crippen LogP contribution is 2.66. The minimum Gasteiger partial charge on any atom is -0.380 e. The van der Waals surface area contributed by atoms with Gasteiger partial charge in [-0.25, -0.2) is 13.7 Å². The topological polar surface area (TPSA) is 178 Å². The van der Waals surface area contributed by atoms with Crippen molar-refractivity contribution in [3.05, 3.63) is 0 Å². The van der Waals surface area contributed by atoms with Crippen molar-refractivity contribution < 1.29 is 55.9 Å². The third-order valence-electron chi connectivity index (χ3n) is 2.49. The molecule has 0 aromatic carbocycles. The molecule has 1 saturated heterocycles. The molecule has 1 aliphatic heterocycles. The molecule has 0 aromatic rings. The average Bonchev–Trinajstić information content (AvgIpc) is 2.73. The van der Waals surface area contributed by atoms with E-state index in [2.05, 4.69) is 13.1 Å². The molecule has 0 spiro atoms. The summed E-state index contributed by atoms with van der Waals surface area (Å²) in [6.07, 6.45) is 0.723. The van der Waals surface area contributed by atoms with Crippen molar-refractivity contribution in [2.75, 3.05) is 18.8 Å². The second-order valence-electron chi connectivity index (χ2n) is 4.44. The van der Waals surface area contributed by atoms with E-state index in [1.807, 2.05) is 6.26 Å². The Bertz CT molecular complexity index is 573. The van der Waals surface area contributed by atoms with E-state index in [4.69, 9.17) is 32.0 Å². The summed E-state index contributed by atoms with van der Waals surface area (Å²) in [6.45, 7) is -0.591. The van der Waals surface area contributed by atoms with Gasteiger partial charge in [0.15, 0.2) is 0 Å². The van der Waals surface area contributed by atoms with Gasteiger partial charge in [0, 0.05) is 6.00 Å². The quantitative estimate of drug-likeness (QED) is 0.113. The highest BCUT2D eigenvalue weighted by atomic mass is 33.1. The smallest absolute Gasteiger partial charge is 0.380 e. The van der Waals surface area contributed by atoms with Crippen LogP contribution in [0.5, 0.6) is 0 Å². The number of rotatable bonds is 11. The first-order valence-corrected chi connectivity index (χ1v) is 13.5. The van der Waals surface area contributed by atoms with Gasteiger partial charge < -0.3 is 29.0 Å². The van der Waals surface area contributed by atoms with Crippen molar-refractivity contribution in [1.82, 2.24) is 0 Å². The maximum atomic E-state index is 11.6. The van der Waals surface area contributed by atoms with Crippen molar-refractivity contribution in [2.24, 2.45) is 0 Å². The maximum Gasteiger partial charge on any atom is 0.490 e. The van der Waals surface area contributed by atoms with E-state index in [0.29, 0.717) is 12.4 Å². The first kappa shape index (κ1) is 24.1. The molecule has 25 heavy (non-hydrogen) atoms. The van der Waals surface area contributed by atoms with Crippen LogP contribution in [-0.4, -0.2) is 64.4 Å². The summed E-state index contributed by atoms with van der Waals surface area (Å²) in [6, 6.07) is -0.696. The van der Waals surface area contributed by atoms with Gasteiger partial charge in [0.2, 0.25) is 0 Å². The predicted octanol–water partition coefficient (Wildman–Crippen LogP) is 0.967. The SMILES string of the molecule is [B][C@H]1C[C@@H](OCSSC)[C@@H](COP(=O)(O)OP(=O)(O)OP(=O)(O)O)O1.